The van der Waals surface area contributed by atoms with Gasteiger partial charge in [-0.15, -0.1) is 0 Å². The molecule has 0 fully saturated rings. The molecule has 0 radical (unpaired) electrons. The van der Waals surface area contributed by atoms with Gasteiger partial charge in [-0.1, -0.05) is 0 Å². The number of rotatable bonds is 4. The Morgan fingerprint density at radius 1 is 1.14 bits per heavy atom. The van der Waals surface area contributed by atoms with Gasteiger partial charge in [0.1, 0.15) is 29.8 Å². The van der Waals surface area contributed by atoms with Gasteiger partial charge in [0, 0.05) is 11.6 Å². The van der Waals surface area contributed by atoms with Crippen LogP contribution in [0.3, 0.4) is 0 Å². The van der Waals surface area contributed by atoms with Gasteiger partial charge in [0.2, 0.25) is 0 Å². The van der Waals surface area contributed by atoms with E-state index in [0.29, 0.717) is 0 Å². The van der Waals surface area contributed by atoms with Crippen LogP contribution in [0.1, 0.15) is 24.2 Å². The molecule has 6 heteroatoms. The van der Waals surface area contributed by atoms with E-state index in [2.05, 4.69) is 15.9 Å². The average molecular weight is 361 g/mol. The highest BCUT2D eigenvalue weighted by Gasteiger charge is 2.14. The van der Waals surface area contributed by atoms with Crippen molar-refractivity contribution < 1.29 is 23.0 Å². The van der Waals surface area contributed by atoms with Gasteiger partial charge in [-0.05, 0) is 47.1 Å². The van der Waals surface area contributed by atoms with Crippen LogP contribution in [0.25, 0.3) is 0 Å². The van der Waals surface area contributed by atoms with Crippen molar-refractivity contribution in [2.24, 2.45) is 0 Å². The van der Waals surface area contributed by atoms with Gasteiger partial charge in [-0.2, -0.15) is 0 Å². The molecule has 0 bridgehead atoms. The van der Waals surface area contributed by atoms with E-state index in [4.69, 9.17) is 4.74 Å². The van der Waals surface area contributed by atoms with Gasteiger partial charge in [-0.25, -0.2) is 13.2 Å². The van der Waals surface area contributed by atoms with E-state index < -0.39 is 23.6 Å². The molecule has 2 nitrogen and oxygen atoms in total. The van der Waals surface area contributed by atoms with Crippen LogP contribution in [0.4, 0.5) is 13.2 Å². The predicted octanol–water partition coefficient (Wildman–Crippen LogP) is 4.50. The fourth-order valence-corrected chi connectivity index (χ4v) is 2.16. The monoisotopic (exact) mass is 360 g/mol. The number of aliphatic hydroxyl groups is 1. The van der Waals surface area contributed by atoms with Crippen LogP contribution in [0.15, 0.2) is 34.8 Å². The number of ether oxygens (including phenoxy) is 1. The second-order valence-electron chi connectivity index (χ2n) is 4.47. The van der Waals surface area contributed by atoms with Crippen LogP contribution < -0.4 is 4.74 Å². The van der Waals surface area contributed by atoms with Crippen molar-refractivity contribution in [3.63, 3.8) is 0 Å². The molecule has 1 unspecified atom stereocenters. The standard InChI is InChI=1S/C15H12BrF3O2/c1-8(20)10-3-2-9(6-14(10)18)21-7-11-13(17)5-4-12(16)15(11)19/h2-6,8,20H,7H2,1H3. The Kier molecular flexibility index (Phi) is 4.90. The third-order valence-electron chi connectivity index (χ3n) is 2.94. The topological polar surface area (TPSA) is 29.5 Å². The molecule has 0 aliphatic carbocycles. The number of hydrogen-bond acceptors (Lipinski definition) is 2. The van der Waals surface area contributed by atoms with E-state index in [0.717, 1.165) is 12.1 Å². The van der Waals surface area contributed by atoms with Gasteiger partial charge in [0.15, 0.2) is 0 Å². The Morgan fingerprint density at radius 3 is 2.48 bits per heavy atom. The van der Waals surface area contributed by atoms with Crippen LogP contribution in [-0.2, 0) is 6.61 Å². The van der Waals surface area contributed by atoms with E-state index in [1.165, 1.54) is 25.1 Å². The van der Waals surface area contributed by atoms with Gasteiger partial charge in [0.25, 0.3) is 0 Å². The summed E-state index contributed by atoms with van der Waals surface area (Å²) in [5.74, 6) is -2.01. The Bertz CT molecular complexity index is 660. The fraction of sp³-hybridized carbons (Fsp3) is 0.200. The van der Waals surface area contributed by atoms with Crippen LogP contribution in [0.5, 0.6) is 5.75 Å². The second-order valence-corrected chi connectivity index (χ2v) is 5.32. The van der Waals surface area contributed by atoms with Crippen LogP contribution >= 0.6 is 15.9 Å². The molecule has 1 N–H and O–H groups in total. The summed E-state index contributed by atoms with van der Waals surface area (Å²) < 4.78 is 46.3. The third-order valence-corrected chi connectivity index (χ3v) is 3.56. The van der Waals surface area contributed by atoms with Crippen molar-refractivity contribution >= 4 is 15.9 Å². The number of hydrogen-bond donors (Lipinski definition) is 1. The molecule has 112 valence electrons. The van der Waals surface area contributed by atoms with E-state index in [9.17, 15) is 18.3 Å². The lowest BCUT2D eigenvalue weighted by molar-refractivity contribution is 0.193. The lowest BCUT2D eigenvalue weighted by atomic mass is 10.1. The maximum Gasteiger partial charge on any atom is 0.146 e. The van der Waals surface area contributed by atoms with Gasteiger partial charge in [0.05, 0.1) is 16.1 Å². The minimum absolute atomic E-state index is 0.121. The van der Waals surface area contributed by atoms with Gasteiger partial charge in [-0.3, -0.25) is 0 Å². The van der Waals surface area contributed by atoms with Crippen LogP contribution in [0, 0.1) is 17.5 Å². The van der Waals surface area contributed by atoms with Crippen molar-refractivity contribution in [1.29, 1.82) is 0 Å². The molecule has 0 amide bonds. The first-order chi connectivity index (χ1) is 9.90. The summed E-state index contributed by atoms with van der Waals surface area (Å²) >= 11 is 2.96. The molecule has 0 aliphatic heterocycles. The lowest BCUT2D eigenvalue weighted by Gasteiger charge is -2.11. The number of halogens is 4. The van der Waals surface area contributed by atoms with E-state index in [-0.39, 0.29) is 28.0 Å². The van der Waals surface area contributed by atoms with Crippen LogP contribution in [-0.4, -0.2) is 5.11 Å². The Balaban J connectivity index is 2.18. The summed E-state index contributed by atoms with van der Waals surface area (Å²) in [6.45, 7) is 1.07. The summed E-state index contributed by atoms with van der Waals surface area (Å²) in [7, 11) is 0. The molecule has 2 aromatic carbocycles. The normalized spacial score (nSPS) is 12.3. The van der Waals surface area contributed by atoms with Crippen molar-refractivity contribution in [2.45, 2.75) is 19.6 Å². The molecule has 0 aliphatic rings. The number of aliphatic hydroxyl groups excluding tert-OH is 1. The molecule has 0 spiro atoms. The molecule has 0 heterocycles. The quantitative estimate of drug-likeness (QED) is 0.813. The zero-order chi connectivity index (χ0) is 15.6. The first kappa shape index (κ1) is 15.9. The number of benzene rings is 2. The Labute approximate surface area is 128 Å². The first-order valence-corrected chi connectivity index (χ1v) is 6.92. The lowest BCUT2D eigenvalue weighted by Crippen LogP contribution is -2.03. The van der Waals surface area contributed by atoms with Crippen molar-refractivity contribution in [3.05, 3.63) is 63.4 Å². The molecule has 1 atom stereocenters. The molecule has 0 saturated carbocycles. The van der Waals surface area contributed by atoms with E-state index >= 15 is 0 Å². The SMILES string of the molecule is CC(O)c1ccc(OCc2c(F)ccc(Br)c2F)cc1F. The minimum Gasteiger partial charge on any atom is -0.489 e. The smallest absolute Gasteiger partial charge is 0.146 e. The van der Waals surface area contributed by atoms with Crippen molar-refractivity contribution in [1.82, 2.24) is 0 Å². The highest BCUT2D eigenvalue weighted by atomic mass is 79.9. The average Bonchev–Trinajstić information content (AvgIpc) is 2.43. The summed E-state index contributed by atoms with van der Waals surface area (Å²) in [5, 5.41) is 9.32. The molecule has 2 rings (SSSR count). The van der Waals surface area contributed by atoms with Gasteiger partial charge >= 0.3 is 0 Å². The largest absolute Gasteiger partial charge is 0.489 e. The molecule has 21 heavy (non-hydrogen) atoms. The first-order valence-electron chi connectivity index (χ1n) is 6.13. The molecule has 0 aromatic heterocycles. The summed E-state index contributed by atoms with van der Waals surface area (Å²) in [6, 6.07) is 6.23. The minimum atomic E-state index is -0.945. The van der Waals surface area contributed by atoms with E-state index in [1.54, 1.807) is 0 Å². The van der Waals surface area contributed by atoms with Crippen molar-refractivity contribution in [3.8, 4) is 5.75 Å². The summed E-state index contributed by atoms with van der Waals surface area (Å²) in [5.41, 5.74) is -0.119. The molecular formula is C15H12BrF3O2. The Morgan fingerprint density at radius 2 is 1.86 bits per heavy atom. The molecule has 2 aromatic rings. The third kappa shape index (κ3) is 3.57. The van der Waals surface area contributed by atoms with Crippen LogP contribution in [0.2, 0.25) is 0 Å². The zero-order valence-corrected chi connectivity index (χ0v) is 12.6. The highest BCUT2D eigenvalue weighted by Crippen LogP contribution is 2.25. The van der Waals surface area contributed by atoms with Gasteiger partial charge < -0.3 is 9.84 Å². The fourth-order valence-electron chi connectivity index (χ4n) is 1.79. The van der Waals surface area contributed by atoms with Crippen molar-refractivity contribution in [2.75, 3.05) is 0 Å². The molecule has 0 saturated heterocycles. The maximum absolute atomic E-state index is 13.7. The molecular weight excluding hydrogens is 349 g/mol. The highest BCUT2D eigenvalue weighted by molar-refractivity contribution is 9.10. The predicted molar refractivity (Wildman–Crippen MR) is 75.4 cm³/mol. The Hall–Kier alpha value is -1.53. The summed E-state index contributed by atoms with van der Waals surface area (Å²) in [6.07, 6.45) is -0.945. The summed E-state index contributed by atoms with van der Waals surface area (Å²) in [4.78, 5) is 0. The maximum atomic E-state index is 13.7. The van der Waals surface area contributed by atoms with E-state index in [1.807, 2.05) is 0 Å². The second kappa shape index (κ2) is 6.49. The zero-order valence-electron chi connectivity index (χ0n) is 11.0.